The average molecular weight is 284 g/mol. The van der Waals surface area contributed by atoms with E-state index in [1.54, 1.807) is 4.90 Å². The van der Waals surface area contributed by atoms with E-state index in [-0.39, 0.29) is 25.5 Å². The minimum atomic E-state index is -4.35. The average Bonchev–Trinajstić information content (AvgIpc) is 2.34. The molecule has 1 rings (SSSR count). The molecule has 0 aromatic heterocycles. The summed E-state index contributed by atoms with van der Waals surface area (Å²) in [5, 5.41) is 8.77. The van der Waals surface area contributed by atoms with Crippen LogP contribution in [0.2, 0.25) is 0 Å². The normalized spacial score (nSPS) is 17.8. The van der Waals surface area contributed by atoms with Gasteiger partial charge in [0, 0.05) is 32.7 Å². The summed E-state index contributed by atoms with van der Waals surface area (Å²) in [5.74, 6) is -0.189. The Morgan fingerprint density at radius 3 is 2.37 bits per heavy atom. The van der Waals surface area contributed by atoms with Crippen LogP contribution >= 0.6 is 0 Å². The van der Waals surface area contributed by atoms with E-state index in [2.05, 4.69) is 4.74 Å². The summed E-state index contributed by atoms with van der Waals surface area (Å²) in [7, 11) is 0. The number of β-amino-alcohol motifs (C(OH)–C–C–N with tert-alkyl or cyclic N) is 1. The fraction of sp³-hybridized carbons (Fsp3) is 0.909. The molecule has 112 valence electrons. The van der Waals surface area contributed by atoms with Crippen LogP contribution in [0.4, 0.5) is 13.2 Å². The maximum Gasteiger partial charge on any atom is 0.411 e. The first kappa shape index (κ1) is 16.2. The number of ether oxygens (including phenoxy) is 1. The number of aliphatic hydroxyl groups is 1. The molecule has 8 heteroatoms. The van der Waals surface area contributed by atoms with Crippen molar-refractivity contribution in [1.82, 2.24) is 9.80 Å². The van der Waals surface area contributed by atoms with Gasteiger partial charge < -0.3 is 14.7 Å². The number of nitrogens with zero attached hydrogens (tertiary/aromatic N) is 2. The number of carbonyl (C=O) groups is 1. The molecule has 1 amide bonds. The summed E-state index contributed by atoms with van der Waals surface area (Å²) in [6, 6.07) is 0. The number of aliphatic hydroxyl groups excluding tert-OH is 1. The summed E-state index contributed by atoms with van der Waals surface area (Å²) >= 11 is 0. The van der Waals surface area contributed by atoms with Crippen molar-refractivity contribution < 1.29 is 27.8 Å². The Balaban J connectivity index is 2.14. The van der Waals surface area contributed by atoms with Gasteiger partial charge in [-0.15, -0.1) is 0 Å². The Morgan fingerprint density at radius 2 is 1.84 bits per heavy atom. The lowest BCUT2D eigenvalue weighted by molar-refractivity contribution is -0.175. The minimum absolute atomic E-state index is 0.0317. The molecule has 5 nitrogen and oxygen atoms in total. The Labute approximate surface area is 109 Å². The monoisotopic (exact) mass is 284 g/mol. The van der Waals surface area contributed by atoms with Crippen molar-refractivity contribution in [1.29, 1.82) is 0 Å². The first-order valence-electron chi connectivity index (χ1n) is 6.18. The van der Waals surface area contributed by atoms with Crippen molar-refractivity contribution in [2.45, 2.75) is 12.6 Å². The number of amides is 1. The lowest BCUT2D eigenvalue weighted by Gasteiger charge is -2.34. The molecule has 1 aliphatic rings. The number of alkyl halides is 3. The summed E-state index contributed by atoms with van der Waals surface area (Å²) in [6.07, 6.45) is -4.38. The van der Waals surface area contributed by atoms with E-state index in [1.807, 2.05) is 4.90 Å². The van der Waals surface area contributed by atoms with Gasteiger partial charge in [0.05, 0.1) is 19.6 Å². The molecule has 0 aromatic carbocycles. The smallest absolute Gasteiger partial charge is 0.395 e. The summed E-state index contributed by atoms with van der Waals surface area (Å²) in [6.45, 7) is 1.57. The molecule has 0 bridgehead atoms. The lowest BCUT2D eigenvalue weighted by atomic mass is 10.3. The number of hydrogen-bond acceptors (Lipinski definition) is 4. The lowest BCUT2D eigenvalue weighted by Crippen LogP contribution is -2.49. The maximum atomic E-state index is 11.8. The molecule has 0 radical (unpaired) electrons. The first-order chi connectivity index (χ1) is 8.92. The Morgan fingerprint density at radius 1 is 1.21 bits per heavy atom. The van der Waals surface area contributed by atoms with E-state index < -0.39 is 12.8 Å². The number of carbonyl (C=O) groups excluding carboxylic acids is 1. The van der Waals surface area contributed by atoms with Crippen molar-refractivity contribution in [2.75, 3.05) is 52.5 Å². The molecule has 0 aromatic rings. The van der Waals surface area contributed by atoms with Gasteiger partial charge in [-0.2, -0.15) is 13.2 Å². The van der Waals surface area contributed by atoms with E-state index in [0.29, 0.717) is 32.7 Å². The largest absolute Gasteiger partial charge is 0.411 e. The molecule has 0 unspecified atom stereocenters. The third kappa shape index (κ3) is 6.74. The zero-order valence-corrected chi connectivity index (χ0v) is 10.7. The number of halogens is 3. The molecule has 1 aliphatic heterocycles. The number of hydrogen-bond donors (Lipinski definition) is 1. The SMILES string of the molecule is O=C(CCOCC(F)(F)F)N1CCN(CCO)CC1. The molecule has 0 spiro atoms. The van der Waals surface area contributed by atoms with Gasteiger partial charge in [0.15, 0.2) is 0 Å². The highest BCUT2D eigenvalue weighted by Crippen LogP contribution is 2.14. The van der Waals surface area contributed by atoms with Gasteiger partial charge in [-0.25, -0.2) is 0 Å². The maximum absolute atomic E-state index is 11.8. The van der Waals surface area contributed by atoms with Gasteiger partial charge in [-0.1, -0.05) is 0 Å². The summed E-state index contributed by atoms with van der Waals surface area (Å²) < 4.78 is 39.8. The molecule has 1 N–H and O–H groups in total. The second-order valence-corrected chi connectivity index (χ2v) is 4.36. The minimum Gasteiger partial charge on any atom is -0.395 e. The number of rotatable bonds is 6. The van der Waals surface area contributed by atoms with Crippen LogP contribution in [0.25, 0.3) is 0 Å². The van der Waals surface area contributed by atoms with Crippen molar-refractivity contribution in [3.8, 4) is 0 Å². The first-order valence-corrected chi connectivity index (χ1v) is 6.18. The zero-order chi connectivity index (χ0) is 14.3. The van der Waals surface area contributed by atoms with Crippen LogP contribution in [-0.4, -0.2) is 79.5 Å². The van der Waals surface area contributed by atoms with Gasteiger partial charge in [-0.05, 0) is 0 Å². The number of piperazine rings is 1. The van der Waals surface area contributed by atoms with Gasteiger partial charge in [0.1, 0.15) is 6.61 Å². The second-order valence-electron chi connectivity index (χ2n) is 4.36. The van der Waals surface area contributed by atoms with Crippen molar-refractivity contribution in [2.24, 2.45) is 0 Å². The van der Waals surface area contributed by atoms with Gasteiger partial charge >= 0.3 is 6.18 Å². The molecule has 0 saturated carbocycles. The molecular formula is C11H19F3N2O3. The van der Waals surface area contributed by atoms with Crippen molar-refractivity contribution in [3.05, 3.63) is 0 Å². The molecule has 1 saturated heterocycles. The third-order valence-corrected chi connectivity index (χ3v) is 2.87. The van der Waals surface area contributed by atoms with E-state index in [4.69, 9.17) is 5.11 Å². The van der Waals surface area contributed by atoms with Gasteiger partial charge in [-0.3, -0.25) is 9.69 Å². The van der Waals surface area contributed by atoms with Gasteiger partial charge in [0.25, 0.3) is 0 Å². The molecule has 0 aliphatic carbocycles. The Kier molecular flexibility index (Phi) is 6.53. The summed E-state index contributed by atoms with van der Waals surface area (Å²) in [4.78, 5) is 15.3. The Bertz CT molecular complexity index is 279. The zero-order valence-electron chi connectivity index (χ0n) is 10.7. The highest BCUT2D eigenvalue weighted by atomic mass is 19.4. The second kappa shape index (κ2) is 7.66. The van der Waals surface area contributed by atoms with Crippen molar-refractivity contribution in [3.63, 3.8) is 0 Å². The quantitative estimate of drug-likeness (QED) is 0.703. The fourth-order valence-corrected chi connectivity index (χ4v) is 1.87. The molecule has 1 fully saturated rings. The third-order valence-electron chi connectivity index (χ3n) is 2.87. The highest BCUT2D eigenvalue weighted by Gasteiger charge is 2.27. The van der Waals surface area contributed by atoms with Crippen LogP contribution < -0.4 is 0 Å². The van der Waals surface area contributed by atoms with Crippen LogP contribution in [0.15, 0.2) is 0 Å². The molecule has 1 heterocycles. The molecular weight excluding hydrogens is 265 g/mol. The van der Waals surface area contributed by atoms with E-state index >= 15 is 0 Å². The van der Waals surface area contributed by atoms with Crippen LogP contribution in [0, 0.1) is 0 Å². The van der Waals surface area contributed by atoms with E-state index in [1.165, 1.54) is 0 Å². The molecule has 19 heavy (non-hydrogen) atoms. The van der Waals surface area contributed by atoms with Crippen LogP contribution in [0.5, 0.6) is 0 Å². The van der Waals surface area contributed by atoms with Crippen LogP contribution in [-0.2, 0) is 9.53 Å². The van der Waals surface area contributed by atoms with Crippen LogP contribution in [0.3, 0.4) is 0 Å². The van der Waals surface area contributed by atoms with E-state index in [0.717, 1.165) is 0 Å². The fourth-order valence-electron chi connectivity index (χ4n) is 1.87. The van der Waals surface area contributed by atoms with Gasteiger partial charge in [0.2, 0.25) is 5.91 Å². The summed E-state index contributed by atoms with van der Waals surface area (Å²) in [5.41, 5.74) is 0. The molecule has 0 atom stereocenters. The Hall–Kier alpha value is -0.860. The van der Waals surface area contributed by atoms with Crippen molar-refractivity contribution >= 4 is 5.91 Å². The van der Waals surface area contributed by atoms with Crippen LogP contribution in [0.1, 0.15) is 6.42 Å². The van der Waals surface area contributed by atoms with E-state index in [9.17, 15) is 18.0 Å². The standard InChI is InChI=1S/C11H19F3N2O3/c12-11(13,14)9-19-8-1-10(18)16-4-2-15(3-5-16)6-7-17/h17H,1-9H2. The predicted molar refractivity (Wildman–Crippen MR) is 61.6 cm³/mol. The topological polar surface area (TPSA) is 53.0 Å². The highest BCUT2D eigenvalue weighted by molar-refractivity contribution is 5.76. The predicted octanol–water partition coefficient (Wildman–Crippen LogP) is 0.0919.